The molecule has 0 bridgehead atoms. The van der Waals surface area contributed by atoms with Gasteiger partial charge in [0.2, 0.25) is 0 Å². The highest BCUT2D eigenvalue weighted by atomic mass is 16.7. The van der Waals surface area contributed by atoms with E-state index >= 15 is 0 Å². The number of nitrogens with one attached hydrogen (secondary N) is 1. The molecule has 27 heavy (non-hydrogen) atoms. The fourth-order valence-electron chi connectivity index (χ4n) is 3.35. The molecular weight excluding hydrogens is 360 g/mol. The van der Waals surface area contributed by atoms with Crippen molar-refractivity contribution in [1.29, 1.82) is 0 Å². The number of rotatable bonds is 3. The molecule has 0 amide bonds. The van der Waals surface area contributed by atoms with Crippen molar-refractivity contribution >= 4 is 0 Å². The van der Waals surface area contributed by atoms with Crippen LogP contribution in [-0.4, -0.2) is 62.4 Å². The Morgan fingerprint density at radius 2 is 2.04 bits per heavy atom. The molecule has 2 aliphatic rings. The number of aromatic nitrogens is 2. The van der Waals surface area contributed by atoms with E-state index in [1.807, 2.05) is 0 Å². The van der Waals surface area contributed by atoms with Crippen molar-refractivity contribution in [3.05, 3.63) is 33.1 Å². The number of H-pyrrole nitrogens is 1. The fourth-order valence-corrected chi connectivity index (χ4v) is 3.35. The first-order chi connectivity index (χ1) is 12.5. The van der Waals surface area contributed by atoms with Gasteiger partial charge in [-0.2, -0.15) is 0 Å². The van der Waals surface area contributed by atoms with Gasteiger partial charge in [-0.25, -0.2) is 4.79 Å². The van der Waals surface area contributed by atoms with Crippen LogP contribution >= 0.6 is 0 Å². The van der Waals surface area contributed by atoms with Crippen molar-refractivity contribution in [2.24, 2.45) is 0 Å². The number of nitrogens with zero attached hydrogens (tertiary/aromatic N) is 1. The number of hydrogen-bond acceptors (Lipinski definition) is 8. The highest BCUT2D eigenvalue weighted by Crippen LogP contribution is 2.35. The molecule has 2 saturated heterocycles. The predicted octanol–water partition coefficient (Wildman–Crippen LogP) is -0.550. The highest BCUT2D eigenvalue weighted by Gasteiger charge is 2.47. The molecule has 1 aromatic heterocycles. The van der Waals surface area contributed by atoms with Crippen molar-refractivity contribution < 1.29 is 29.2 Å². The van der Waals surface area contributed by atoms with Gasteiger partial charge in [0.25, 0.3) is 5.56 Å². The van der Waals surface area contributed by atoms with Crippen molar-refractivity contribution in [1.82, 2.24) is 9.55 Å². The molecule has 3 rings (SSSR count). The van der Waals surface area contributed by atoms with Crippen LogP contribution in [0, 0.1) is 0 Å². The summed E-state index contributed by atoms with van der Waals surface area (Å²) in [5.74, 6) is -2.36. The van der Waals surface area contributed by atoms with Gasteiger partial charge in [-0.05, 0) is 27.7 Å². The lowest BCUT2D eigenvalue weighted by Gasteiger charge is -2.40. The largest absolute Gasteiger partial charge is 0.386 e. The Bertz CT molecular complexity index is 780. The third kappa shape index (κ3) is 4.65. The first kappa shape index (κ1) is 20.2. The molecule has 0 radical (unpaired) electrons. The predicted molar refractivity (Wildman–Crippen MR) is 91.9 cm³/mol. The normalized spacial score (nSPS) is 33.9. The summed E-state index contributed by atoms with van der Waals surface area (Å²) >= 11 is 0. The molecule has 3 heterocycles. The van der Waals surface area contributed by atoms with E-state index in [1.54, 1.807) is 13.8 Å². The molecule has 0 aromatic carbocycles. The quantitative estimate of drug-likeness (QED) is 0.590. The van der Waals surface area contributed by atoms with Crippen molar-refractivity contribution in [3.63, 3.8) is 0 Å². The molecule has 0 saturated carbocycles. The second-order valence-electron chi connectivity index (χ2n) is 7.78. The molecule has 5 atom stereocenters. The maximum atomic E-state index is 12.2. The second kappa shape index (κ2) is 7.12. The van der Waals surface area contributed by atoms with Crippen molar-refractivity contribution in [3.8, 4) is 0 Å². The van der Waals surface area contributed by atoms with Crippen LogP contribution in [0.4, 0.5) is 0 Å². The number of ether oxygens (including phenoxy) is 4. The molecular formula is C17H26N2O8. The maximum absolute atomic E-state index is 12.2. The molecule has 10 nitrogen and oxygen atoms in total. The van der Waals surface area contributed by atoms with Crippen LogP contribution in [0.15, 0.2) is 21.9 Å². The van der Waals surface area contributed by atoms with E-state index in [1.165, 1.54) is 20.0 Å². The van der Waals surface area contributed by atoms with Gasteiger partial charge >= 0.3 is 5.69 Å². The highest BCUT2D eigenvalue weighted by molar-refractivity contribution is 4.93. The smallest absolute Gasteiger partial charge is 0.330 e. The standard InChI is InChI=1S/C17H26N2O8/c1-16(2,23)26-10-7-9-11(8-24-17(3,4)27-9)25-14(13(10)21)19-6-5-12(20)18-15(19)22/h5-6,9-11,13-14,21,23H,7-8H2,1-4H3,(H,18,20,22)/t9-,10?,11?,13+,14+/m0/s1. The zero-order chi connectivity index (χ0) is 20.0. The molecule has 0 spiro atoms. The zero-order valence-corrected chi connectivity index (χ0v) is 15.7. The lowest BCUT2D eigenvalue weighted by molar-refractivity contribution is -0.317. The van der Waals surface area contributed by atoms with Crippen LogP contribution < -0.4 is 11.2 Å². The zero-order valence-electron chi connectivity index (χ0n) is 15.7. The molecule has 2 aliphatic heterocycles. The maximum Gasteiger partial charge on any atom is 0.330 e. The van der Waals surface area contributed by atoms with Gasteiger partial charge in [-0.15, -0.1) is 0 Å². The average molecular weight is 386 g/mol. The van der Waals surface area contributed by atoms with E-state index in [-0.39, 0.29) is 13.0 Å². The van der Waals surface area contributed by atoms with Gasteiger partial charge in [-0.3, -0.25) is 14.3 Å². The molecule has 1 aromatic rings. The number of aliphatic hydroxyl groups is 2. The molecule has 3 N–H and O–H groups in total. The van der Waals surface area contributed by atoms with E-state index in [0.29, 0.717) is 0 Å². The molecule has 2 fully saturated rings. The summed E-state index contributed by atoms with van der Waals surface area (Å²) in [6, 6.07) is 1.16. The molecule has 152 valence electrons. The Balaban J connectivity index is 1.98. The first-order valence-electron chi connectivity index (χ1n) is 8.82. The van der Waals surface area contributed by atoms with Crippen LogP contribution in [0.3, 0.4) is 0 Å². The third-order valence-electron chi connectivity index (χ3n) is 4.46. The van der Waals surface area contributed by atoms with Gasteiger partial charge in [0.05, 0.1) is 18.8 Å². The van der Waals surface area contributed by atoms with Crippen molar-refractivity contribution in [2.75, 3.05) is 6.61 Å². The summed E-state index contributed by atoms with van der Waals surface area (Å²) < 4.78 is 24.2. The third-order valence-corrected chi connectivity index (χ3v) is 4.46. The van der Waals surface area contributed by atoms with E-state index < -0.39 is 53.5 Å². The van der Waals surface area contributed by atoms with Gasteiger partial charge < -0.3 is 29.2 Å². The number of aliphatic hydroxyl groups excluding tert-OH is 1. The lowest BCUT2D eigenvalue weighted by Crippen LogP contribution is -2.50. The first-order valence-corrected chi connectivity index (χ1v) is 8.82. The Kier molecular flexibility index (Phi) is 5.32. The monoisotopic (exact) mass is 386 g/mol. The molecule has 2 unspecified atom stereocenters. The minimum absolute atomic E-state index is 0.189. The van der Waals surface area contributed by atoms with E-state index in [4.69, 9.17) is 18.9 Å². The van der Waals surface area contributed by atoms with Crippen LogP contribution in [0.25, 0.3) is 0 Å². The minimum Gasteiger partial charge on any atom is -0.386 e. The van der Waals surface area contributed by atoms with E-state index in [9.17, 15) is 19.8 Å². The van der Waals surface area contributed by atoms with Crippen LogP contribution in [0.1, 0.15) is 40.3 Å². The number of fused-ring (bicyclic) bond motifs is 1. The van der Waals surface area contributed by atoms with E-state index in [0.717, 1.165) is 10.6 Å². The average Bonchev–Trinajstić information content (AvgIpc) is 2.63. The summed E-state index contributed by atoms with van der Waals surface area (Å²) in [5, 5.41) is 21.0. The van der Waals surface area contributed by atoms with Gasteiger partial charge in [0, 0.05) is 18.7 Å². The van der Waals surface area contributed by atoms with Crippen LogP contribution in [-0.2, 0) is 18.9 Å². The fraction of sp³-hybridized carbons (Fsp3) is 0.765. The lowest BCUT2D eigenvalue weighted by atomic mass is 10.0. The Labute approximate surface area is 155 Å². The van der Waals surface area contributed by atoms with E-state index in [2.05, 4.69) is 4.98 Å². The summed E-state index contributed by atoms with van der Waals surface area (Å²) in [6.07, 6.45) is -2.96. The Morgan fingerprint density at radius 3 is 2.67 bits per heavy atom. The van der Waals surface area contributed by atoms with Crippen LogP contribution in [0.5, 0.6) is 0 Å². The summed E-state index contributed by atoms with van der Waals surface area (Å²) in [5.41, 5.74) is -1.29. The molecule has 10 heteroatoms. The van der Waals surface area contributed by atoms with Gasteiger partial charge in [0.1, 0.15) is 12.2 Å². The van der Waals surface area contributed by atoms with Crippen molar-refractivity contribution in [2.45, 2.75) is 76.3 Å². The summed E-state index contributed by atoms with van der Waals surface area (Å²) in [4.78, 5) is 25.7. The van der Waals surface area contributed by atoms with Gasteiger partial charge in [-0.1, -0.05) is 0 Å². The summed E-state index contributed by atoms with van der Waals surface area (Å²) in [7, 11) is 0. The molecule has 0 aliphatic carbocycles. The topological polar surface area (TPSA) is 132 Å². The van der Waals surface area contributed by atoms with Crippen LogP contribution in [0.2, 0.25) is 0 Å². The second-order valence-corrected chi connectivity index (χ2v) is 7.78. The van der Waals surface area contributed by atoms with Gasteiger partial charge in [0.15, 0.2) is 17.8 Å². The summed E-state index contributed by atoms with van der Waals surface area (Å²) in [6.45, 7) is 6.60. The minimum atomic E-state index is -1.52. The Hall–Kier alpha value is -1.56. The number of hydrogen-bond donors (Lipinski definition) is 3. The SMILES string of the molecule is CC(C)(O)OC1C[C@@H]2OC(C)(C)OCC2O[C@@H](n2ccc(=O)[nH]c2=O)[C@@H]1O. The number of aromatic amines is 1. The Morgan fingerprint density at radius 1 is 1.33 bits per heavy atom.